The first-order chi connectivity index (χ1) is 13.4. The smallest absolute Gasteiger partial charge is 0.340 e. The SMILES string of the molecule is CN(C)c1ccc(N([O-])O)cc1C(=O)OCC(=O)N1CCC[C@@H]2CCCC[C@@H]21. The van der Waals surface area contributed by atoms with Crippen LogP contribution in [0.15, 0.2) is 18.2 Å². The molecule has 28 heavy (non-hydrogen) atoms. The number of fused-ring (bicyclic) bond motifs is 1. The summed E-state index contributed by atoms with van der Waals surface area (Å²) in [5, 5.41) is 20.0. The summed E-state index contributed by atoms with van der Waals surface area (Å²) in [5.41, 5.74) is 0.581. The second-order valence-corrected chi connectivity index (χ2v) is 7.79. The van der Waals surface area contributed by atoms with E-state index < -0.39 is 5.97 Å². The van der Waals surface area contributed by atoms with E-state index in [1.807, 2.05) is 4.90 Å². The van der Waals surface area contributed by atoms with Crippen LogP contribution in [0.2, 0.25) is 0 Å². The van der Waals surface area contributed by atoms with Crippen LogP contribution >= 0.6 is 0 Å². The molecule has 1 aromatic carbocycles. The van der Waals surface area contributed by atoms with Crippen LogP contribution in [0.5, 0.6) is 0 Å². The molecule has 8 heteroatoms. The van der Waals surface area contributed by atoms with E-state index in [1.165, 1.54) is 31.4 Å². The third-order valence-electron chi connectivity index (χ3n) is 5.79. The van der Waals surface area contributed by atoms with Crippen molar-refractivity contribution in [3.8, 4) is 0 Å². The highest BCUT2D eigenvalue weighted by atomic mass is 16.8. The average molecular weight is 390 g/mol. The van der Waals surface area contributed by atoms with Gasteiger partial charge in [0.15, 0.2) is 6.61 Å². The summed E-state index contributed by atoms with van der Waals surface area (Å²) in [4.78, 5) is 28.9. The molecule has 8 nitrogen and oxygen atoms in total. The van der Waals surface area contributed by atoms with Crippen molar-refractivity contribution in [3.63, 3.8) is 0 Å². The molecule has 1 aliphatic heterocycles. The third-order valence-corrected chi connectivity index (χ3v) is 5.79. The van der Waals surface area contributed by atoms with E-state index in [2.05, 4.69) is 0 Å². The monoisotopic (exact) mass is 390 g/mol. The van der Waals surface area contributed by atoms with Crippen LogP contribution in [-0.2, 0) is 9.53 Å². The van der Waals surface area contributed by atoms with Crippen LogP contribution in [0, 0.1) is 11.1 Å². The van der Waals surface area contributed by atoms with Crippen LogP contribution in [-0.4, -0.2) is 55.3 Å². The maximum Gasteiger partial charge on any atom is 0.340 e. The molecule has 0 unspecified atom stereocenters. The molecule has 1 aromatic rings. The van der Waals surface area contributed by atoms with Gasteiger partial charge in [-0.25, -0.2) is 4.79 Å². The number of ether oxygens (including phenoxy) is 1. The van der Waals surface area contributed by atoms with Crippen molar-refractivity contribution in [2.45, 2.75) is 44.6 Å². The van der Waals surface area contributed by atoms with Gasteiger partial charge in [0.2, 0.25) is 0 Å². The Morgan fingerprint density at radius 2 is 1.93 bits per heavy atom. The molecule has 0 radical (unpaired) electrons. The Balaban J connectivity index is 1.68. The van der Waals surface area contributed by atoms with E-state index in [1.54, 1.807) is 25.1 Å². The summed E-state index contributed by atoms with van der Waals surface area (Å²) in [5.74, 6) is -0.301. The molecule has 2 atom stereocenters. The first kappa shape index (κ1) is 20.4. The first-order valence-corrected chi connectivity index (χ1v) is 9.82. The van der Waals surface area contributed by atoms with Crippen LogP contribution < -0.4 is 10.1 Å². The van der Waals surface area contributed by atoms with Crippen molar-refractivity contribution in [3.05, 3.63) is 29.0 Å². The Kier molecular flexibility index (Phi) is 6.41. The maximum absolute atomic E-state index is 12.7. The van der Waals surface area contributed by atoms with Crippen molar-refractivity contribution in [1.29, 1.82) is 0 Å². The number of carbonyl (C=O) groups is 2. The van der Waals surface area contributed by atoms with Crippen LogP contribution in [0.25, 0.3) is 0 Å². The van der Waals surface area contributed by atoms with Crippen molar-refractivity contribution < 1.29 is 19.5 Å². The van der Waals surface area contributed by atoms with E-state index in [-0.39, 0.29) is 35.0 Å². The van der Waals surface area contributed by atoms with E-state index in [4.69, 9.17) is 9.94 Å². The van der Waals surface area contributed by atoms with Gasteiger partial charge in [0.1, 0.15) is 0 Å². The fraction of sp³-hybridized carbons (Fsp3) is 0.600. The molecule has 1 aliphatic carbocycles. The maximum atomic E-state index is 12.7. The lowest BCUT2D eigenvalue weighted by molar-refractivity contribution is -0.140. The van der Waals surface area contributed by atoms with Crippen LogP contribution in [0.1, 0.15) is 48.9 Å². The molecule has 0 bridgehead atoms. The van der Waals surface area contributed by atoms with Gasteiger partial charge >= 0.3 is 5.97 Å². The lowest BCUT2D eigenvalue weighted by Crippen LogP contribution is -2.50. The van der Waals surface area contributed by atoms with Gasteiger partial charge in [-0.15, -0.1) is 0 Å². The number of anilines is 2. The van der Waals surface area contributed by atoms with E-state index in [0.717, 1.165) is 19.3 Å². The summed E-state index contributed by atoms with van der Waals surface area (Å²) < 4.78 is 5.29. The predicted octanol–water partition coefficient (Wildman–Crippen LogP) is 2.78. The lowest BCUT2D eigenvalue weighted by atomic mass is 9.78. The zero-order valence-electron chi connectivity index (χ0n) is 16.5. The first-order valence-electron chi connectivity index (χ1n) is 9.82. The Hall–Kier alpha value is -2.32. The van der Waals surface area contributed by atoms with Gasteiger partial charge in [0, 0.05) is 26.7 Å². The minimum Gasteiger partial charge on any atom is -0.733 e. The van der Waals surface area contributed by atoms with Gasteiger partial charge in [-0.2, -0.15) is 0 Å². The third kappa shape index (κ3) is 4.39. The quantitative estimate of drug-likeness (QED) is 0.610. The summed E-state index contributed by atoms with van der Waals surface area (Å²) in [7, 11) is 3.50. The van der Waals surface area contributed by atoms with Crippen molar-refractivity contribution in [1.82, 2.24) is 4.90 Å². The number of amides is 1. The largest absolute Gasteiger partial charge is 0.733 e. The zero-order chi connectivity index (χ0) is 20.3. The molecule has 1 saturated heterocycles. The highest BCUT2D eigenvalue weighted by molar-refractivity contribution is 5.98. The number of esters is 1. The molecule has 1 N–H and O–H groups in total. The Labute approximate surface area is 165 Å². The van der Waals surface area contributed by atoms with Crippen molar-refractivity contribution in [2.24, 2.45) is 5.92 Å². The number of carbonyl (C=O) groups excluding carboxylic acids is 2. The molecule has 0 spiro atoms. The zero-order valence-corrected chi connectivity index (χ0v) is 16.5. The van der Waals surface area contributed by atoms with Gasteiger partial charge in [-0.1, -0.05) is 12.8 Å². The summed E-state index contributed by atoms with van der Waals surface area (Å²) in [6.45, 7) is 0.394. The van der Waals surface area contributed by atoms with Crippen molar-refractivity contribution in [2.75, 3.05) is 37.4 Å². The topological polar surface area (TPSA) is 96.4 Å². The number of rotatable bonds is 5. The summed E-state index contributed by atoms with van der Waals surface area (Å²) in [6, 6.07) is 4.47. The molecule has 1 saturated carbocycles. The van der Waals surface area contributed by atoms with Gasteiger partial charge in [-0.3, -0.25) is 10.0 Å². The number of piperidine rings is 1. The van der Waals surface area contributed by atoms with Crippen molar-refractivity contribution >= 4 is 23.3 Å². The van der Waals surface area contributed by atoms with Gasteiger partial charge in [0.25, 0.3) is 5.91 Å². The second-order valence-electron chi connectivity index (χ2n) is 7.79. The Bertz CT molecular complexity index is 720. The standard InChI is InChI=1S/C20H28N3O5/c1-21(2)18-10-9-15(23(26)27)12-16(18)20(25)28-13-19(24)22-11-5-7-14-6-3-4-8-17(14)22/h9-10,12,14,17,26H,3-8,11,13H2,1-2H3/q-1/t14-,17-/m0/s1. The number of hydrogen-bond acceptors (Lipinski definition) is 7. The Morgan fingerprint density at radius 1 is 1.21 bits per heavy atom. The fourth-order valence-corrected chi connectivity index (χ4v) is 4.42. The molecule has 1 heterocycles. The highest BCUT2D eigenvalue weighted by Crippen LogP contribution is 2.35. The van der Waals surface area contributed by atoms with E-state index in [9.17, 15) is 14.8 Å². The average Bonchev–Trinajstić information content (AvgIpc) is 2.70. The molecule has 2 aliphatic rings. The molecular formula is C20H28N3O5-. The number of benzene rings is 1. The normalized spacial score (nSPS) is 21.6. The molecule has 2 fully saturated rings. The number of nitrogens with zero attached hydrogens (tertiary/aromatic N) is 3. The Morgan fingerprint density at radius 3 is 2.64 bits per heavy atom. The van der Waals surface area contributed by atoms with E-state index in [0.29, 0.717) is 18.2 Å². The predicted molar refractivity (Wildman–Crippen MR) is 105 cm³/mol. The van der Waals surface area contributed by atoms with Gasteiger partial charge in [-0.05, 0) is 49.8 Å². The van der Waals surface area contributed by atoms with E-state index >= 15 is 0 Å². The number of likely N-dealkylation sites (tertiary alicyclic amines) is 1. The molecular weight excluding hydrogens is 362 g/mol. The minimum absolute atomic E-state index is 0.0787. The molecule has 3 rings (SSSR count). The van der Waals surface area contributed by atoms with Crippen LogP contribution in [0.4, 0.5) is 11.4 Å². The summed E-state index contributed by atoms with van der Waals surface area (Å²) in [6.07, 6.45) is 6.71. The minimum atomic E-state index is -0.696. The highest BCUT2D eigenvalue weighted by Gasteiger charge is 2.35. The summed E-state index contributed by atoms with van der Waals surface area (Å²) >= 11 is 0. The second kappa shape index (κ2) is 8.79. The molecule has 154 valence electrons. The van der Waals surface area contributed by atoms with Gasteiger partial charge in [0.05, 0.1) is 16.9 Å². The molecule has 0 aromatic heterocycles. The van der Waals surface area contributed by atoms with Gasteiger partial charge < -0.3 is 25.0 Å². The molecule has 1 amide bonds. The van der Waals surface area contributed by atoms with Crippen LogP contribution in [0.3, 0.4) is 0 Å². The fourth-order valence-electron chi connectivity index (χ4n) is 4.42. The number of hydrogen-bond donors (Lipinski definition) is 1. The lowest BCUT2D eigenvalue weighted by Gasteiger charge is -2.44.